The molecule has 46 heavy (non-hydrogen) atoms. The van der Waals surface area contributed by atoms with Crippen molar-refractivity contribution in [3.8, 4) is 0 Å². The summed E-state index contributed by atoms with van der Waals surface area (Å²) in [5.41, 5.74) is 1.73. The Hall–Kier alpha value is -4.44. The molecule has 11 nitrogen and oxygen atoms in total. The normalized spacial score (nSPS) is 17.0. The molecule has 0 bridgehead atoms. The number of hydrogen-bond donors (Lipinski definition) is 3. The molecule has 2 aromatic carbocycles. The molecule has 1 saturated heterocycles. The molecule has 3 heterocycles. The number of thiazole rings is 1. The first-order valence-electron chi connectivity index (χ1n) is 13.6. The van der Waals surface area contributed by atoms with Crippen LogP contribution >= 0.6 is 47.1 Å². The number of carboxylic acid groups (broad SMARTS) is 3. The molecule has 3 N–H and O–H groups in total. The SMILES string of the molecule is C=C(C(/C=C1/Sc2ccccc2N1CCCC(=O)O)=c1/s/c(=C2\SC(=S)N(CC(=O)O)C2=O)n(CC(=O)O)c1=O)c1ccccc1. The molecular formula is C31H25N3O8S4. The standard InChI is InChI=1S/C31H25N3O8S4/c1-17(18-8-3-2-4-9-18)19(14-22-32(13-7-12-23(35)36)20-10-5-6-11-21(20)44-22)26-28(41)33(15-24(37)38)30(45-26)27-29(42)34(16-25(39)40)31(43)46-27/h2-6,8-11,14H,1,7,12-13,15-16H2,(H,35,36)(H,37,38)(H,39,40)/b22-14+,26-19+,30-27-. The van der Waals surface area contributed by atoms with Crippen LogP contribution in [0.4, 0.5) is 5.69 Å². The van der Waals surface area contributed by atoms with Crippen molar-refractivity contribution in [2.24, 2.45) is 0 Å². The van der Waals surface area contributed by atoms with Crippen LogP contribution in [-0.4, -0.2) is 66.0 Å². The summed E-state index contributed by atoms with van der Waals surface area (Å²) in [6.07, 6.45) is 2.09. The molecule has 236 valence electrons. The first-order chi connectivity index (χ1) is 22.0. The number of thiocarbonyl (C=S) groups is 1. The summed E-state index contributed by atoms with van der Waals surface area (Å²) in [6, 6.07) is 16.7. The number of rotatable bonds is 11. The van der Waals surface area contributed by atoms with E-state index in [1.807, 2.05) is 59.5 Å². The predicted octanol–water partition coefficient (Wildman–Crippen LogP) is 3.23. The fraction of sp³-hybridized carbons (Fsp3) is 0.161. The van der Waals surface area contributed by atoms with Gasteiger partial charge in [-0.1, -0.05) is 84.8 Å². The Morgan fingerprint density at radius 3 is 2.22 bits per heavy atom. The summed E-state index contributed by atoms with van der Waals surface area (Å²) >= 11 is 8.38. The van der Waals surface area contributed by atoms with Crippen molar-refractivity contribution in [1.82, 2.24) is 9.47 Å². The highest BCUT2D eigenvalue weighted by atomic mass is 32.2. The van der Waals surface area contributed by atoms with Crippen molar-refractivity contribution in [2.75, 3.05) is 18.0 Å². The molecule has 1 fully saturated rings. The van der Waals surface area contributed by atoms with Crippen molar-refractivity contribution < 1.29 is 34.5 Å². The molecule has 5 rings (SSSR count). The number of benzene rings is 2. The van der Waals surface area contributed by atoms with Gasteiger partial charge in [-0.2, -0.15) is 0 Å². The van der Waals surface area contributed by atoms with Crippen LogP contribution in [0.3, 0.4) is 0 Å². The molecule has 15 heteroatoms. The van der Waals surface area contributed by atoms with E-state index in [-0.39, 0.29) is 24.8 Å². The van der Waals surface area contributed by atoms with Gasteiger partial charge in [-0.15, -0.1) is 11.3 Å². The number of fused-ring (bicyclic) bond motifs is 1. The average Bonchev–Trinajstić information content (AvgIpc) is 3.62. The van der Waals surface area contributed by atoms with E-state index in [0.29, 0.717) is 34.7 Å². The Bertz CT molecular complexity index is 2020. The van der Waals surface area contributed by atoms with E-state index in [1.165, 1.54) is 11.8 Å². The van der Waals surface area contributed by atoms with E-state index in [4.69, 9.17) is 12.2 Å². The van der Waals surface area contributed by atoms with Gasteiger partial charge in [0, 0.05) is 23.4 Å². The number of aliphatic carboxylic acids is 3. The van der Waals surface area contributed by atoms with Crippen LogP contribution in [0.2, 0.25) is 0 Å². The minimum atomic E-state index is -1.32. The molecule has 0 radical (unpaired) electrons. The molecule has 0 atom stereocenters. The number of nitrogens with zero attached hydrogens (tertiary/aromatic N) is 3. The molecular weight excluding hydrogens is 671 g/mol. The van der Waals surface area contributed by atoms with Crippen molar-refractivity contribution in [2.45, 2.75) is 24.3 Å². The Labute approximate surface area is 279 Å². The summed E-state index contributed by atoms with van der Waals surface area (Å²) in [4.78, 5) is 65.7. The van der Waals surface area contributed by atoms with Crippen LogP contribution in [-0.2, 0) is 25.7 Å². The highest BCUT2D eigenvalue weighted by Gasteiger charge is 2.36. The van der Waals surface area contributed by atoms with Gasteiger partial charge in [-0.25, -0.2) is 0 Å². The van der Waals surface area contributed by atoms with Crippen LogP contribution in [0, 0.1) is 0 Å². The molecule has 1 amide bonds. The Morgan fingerprint density at radius 2 is 1.54 bits per heavy atom. The van der Waals surface area contributed by atoms with E-state index >= 15 is 0 Å². The van der Waals surface area contributed by atoms with E-state index in [0.717, 1.165) is 43.1 Å². The quantitative estimate of drug-likeness (QED) is 0.252. The molecule has 2 aliphatic rings. The monoisotopic (exact) mass is 695 g/mol. The van der Waals surface area contributed by atoms with Crippen molar-refractivity contribution in [3.05, 3.63) is 97.4 Å². The molecule has 0 unspecified atom stereocenters. The zero-order chi connectivity index (χ0) is 33.1. The van der Waals surface area contributed by atoms with Gasteiger partial charge in [0.15, 0.2) is 0 Å². The van der Waals surface area contributed by atoms with Gasteiger partial charge in [0.2, 0.25) is 0 Å². The van der Waals surface area contributed by atoms with Gasteiger partial charge < -0.3 is 20.2 Å². The van der Waals surface area contributed by atoms with Gasteiger partial charge in [0.05, 0.1) is 10.7 Å². The summed E-state index contributed by atoms with van der Waals surface area (Å²) < 4.78 is 1.10. The van der Waals surface area contributed by atoms with E-state index < -0.39 is 42.5 Å². The van der Waals surface area contributed by atoms with Crippen molar-refractivity contribution >= 4 is 97.0 Å². The summed E-state index contributed by atoms with van der Waals surface area (Å²) in [5.74, 6) is -4.25. The van der Waals surface area contributed by atoms with E-state index in [1.54, 1.807) is 6.08 Å². The maximum absolute atomic E-state index is 14.1. The van der Waals surface area contributed by atoms with Gasteiger partial charge >= 0.3 is 17.9 Å². The number of carbonyl (C=O) groups excluding carboxylic acids is 1. The molecule has 0 spiro atoms. The topological polar surface area (TPSA) is 157 Å². The van der Waals surface area contributed by atoms with Crippen LogP contribution in [0.15, 0.2) is 82.0 Å². The Balaban J connectivity index is 1.78. The number of hydrogen-bond acceptors (Lipinski definition) is 10. The van der Waals surface area contributed by atoms with E-state index in [2.05, 4.69) is 6.58 Å². The largest absolute Gasteiger partial charge is 0.481 e. The van der Waals surface area contributed by atoms with Crippen molar-refractivity contribution in [3.63, 3.8) is 0 Å². The maximum Gasteiger partial charge on any atom is 0.323 e. The third kappa shape index (κ3) is 6.87. The third-order valence-corrected chi connectivity index (χ3v) is 10.8. The number of carbonyl (C=O) groups is 4. The number of carboxylic acids is 3. The number of thioether (sulfide) groups is 2. The minimum absolute atomic E-state index is 0.0242. The van der Waals surface area contributed by atoms with Gasteiger partial charge in [-0.05, 0) is 35.8 Å². The van der Waals surface area contributed by atoms with Gasteiger partial charge in [0.1, 0.15) is 31.5 Å². The summed E-state index contributed by atoms with van der Waals surface area (Å²) in [7, 11) is 0. The summed E-state index contributed by atoms with van der Waals surface area (Å²) in [5, 5.41) is 28.9. The zero-order valence-electron chi connectivity index (χ0n) is 23.9. The smallest absolute Gasteiger partial charge is 0.323 e. The lowest BCUT2D eigenvalue weighted by atomic mass is 9.99. The number of allylic oxidation sites excluding steroid dienone is 2. The van der Waals surface area contributed by atoms with E-state index in [9.17, 15) is 39.3 Å². The predicted molar refractivity (Wildman–Crippen MR) is 182 cm³/mol. The highest BCUT2D eigenvalue weighted by Crippen LogP contribution is 2.47. The lowest BCUT2D eigenvalue weighted by Crippen LogP contribution is -2.37. The fourth-order valence-corrected chi connectivity index (χ4v) is 8.54. The fourth-order valence-electron chi connectivity index (χ4n) is 4.81. The van der Waals surface area contributed by atoms with Crippen molar-refractivity contribution in [1.29, 1.82) is 0 Å². The van der Waals surface area contributed by atoms with Crippen LogP contribution in [0.1, 0.15) is 18.4 Å². The van der Waals surface area contributed by atoms with Crippen LogP contribution in [0.5, 0.6) is 0 Å². The lowest BCUT2D eigenvalue weighted by Gasteiger charge is -2.21. The Morgan fingerprint density at radius 1 is 0.870 bits per heavy atom. The number of anilines is 1. The molecule has 0 aliphatic carbocycles. The van der Waals surface area contributed by atoms with Crippen LogP contribution in [0.25, 0.3) is 16.1 Å². The number of amides is 1. The Kier molecular flexibility index (Phi) is 9.96. The zero-order valence-corrected chi connectivity index (χ0v) is 27.1. The summed E-state index contributed by atoms with van der Waals surface area (Å²) in [6.45, 7) is 3.24. The average molecular weight is 696 g/mol. The van der Waals surface area contributed by atoms with Crippen LogP contribution < -0.4 is 19.7 Å². The first kappa shape index (κ1) is 32.9. The highest BCUT2D eigenvalue weighted by molar-refractivity contribution is 8.30. The second kappa shape index (κ2) is 13.9. The maximum atomic E-state index is 14.1. The first-order valence-corrected chi connectivity index (χ1v) is 16.5. The second-order valence-corrected chi connectivity index (χ2v) is 13.7. The molecule has 1 aromatic heterocycles. The van der Waals surface area contributed by atoms with Gasteiger partial charge in [0.25, 0.3) is 11.5 Å². The molecule has 2 aliphatic heterocycles. The molecule has 3 aromatic rings. The lowest BCUT2D eigenvalue weighted by molar-refractivity contribution is -0.140. The third-order valence-electron chi connectivity index (χ3n) is 6.88. The minimum Gasteiger partial charge on any atom is -0.481 e. The number of aromatic nitrogens is 1. The number of para-hydroxylation sites is 1. The molecule has 0 saturated carbocycles. The van der Waals surface area contributed by atoms with Gasteiger partial charge in [-0.3, -0.25) is 33.4 Å². The second-order valence-electron chi connectivity index (χ2n) is 9.96.